The van der Waals surface area contributed by atoms with Crippen molar-refractivity contribution in [2.75, 3.05) is 32.8 Å². The highest BCUT2D eigenvalue weighted by Crippen LogP contribution is 2.33. The number of benzene rings is 1. The molecular weight excluding hydrogens is 477 g/mol. The molecular formula is C23H25ClFN7O3. The second-order valence-electron chi connectivity index (χ2n) is 8.60. The Balaban J connectivity index is 1.52. The van der Waals surface area contributed by atoms with Crippen molar-refractivity contribution in [3.05, 3.63) is 35.4 Å². The Labute approximate surface area is 205 Å². The molecule has 0 aliphatic carbocycles. The van der Waals surface area contributed by atoms with Crippen LogP contribution < -0.4 is 10.1 Å². The van der Waals surface area contributed by atoms with Crippen LogP contribution in [0.5, 0.6) is 5.75 Å². The molecule has 184 valence electrons. The lowest BCUT2D eigenvalue weighted by molar-refractivity contribution is 0.0361. The molecule has 1 aliphatic rings. The van der Waals surface area contributed by atoms with Crippen LogP contribution in [0.2, 0.25) is 5.02 Å². The summed E-state index contributed by atoms with van der Waals surface area (Å²) in [4.78, 5) is 26.3. The second kappa shape index (κ2) is 9.76. The zero-order valence-corrected chi connectivity index (χ0v) is 20.1. The van der Waals surface area contributed by atoms with Gasteiger partial charge in [0.1, 0.15) is 17.2 Å². The van der Waals surface area contributed by atoms with E-state index in [9.17, 15) is 4.79 Å². The minimum Gasteiger partial charge on any atom is -0.406 e. The molecule has 3 aromatic heterocycles. The molecule has 12 heteroatoms. The molecule has 4 heterocycles. The van der Waals surface area contributed by atoms with Crippen LogP contribution in [-0.4, -0.2) is 74.6 Å². The summed E-state index contributed by atoms with van der Waals surface area (Å²) in [6.07, 6.45) is 2.42. The van der Waals surface area contributed by atoms with Crippen LogP contribution in [0.3, 0.4) is 0 Å². The Morgan fingerprint density at radius 2 is 2.11 bits per heavy atom. The van der Waals surface area contributed by atoms with E-state index in [0.717, 1.165) is 19.6 Å². The number of carbonyl (C=O) groups is 1. The average Bonchev–Trinajstić information content (AvgIpc) is 3.39. The van der Waals surface area contributed by atoms with Gasteiger partial charge in [-0.3, -0.25) is 9.58 Å². The topological polar surface area (TPSA) is 110 Å². The van der Waals surface area contributed by atoms with Crippen molar-refractivity contribution in [2.45, 2.75) is 26.4 Å². The number of ether oxygens (including phenoxy) is 2. The minimum absolute atomic E-state index is 0.0862. The minimum atomic E-state index is -0.605. The van der Waals surface area contributed by atoms with Crippen molar-refractivity contribution in [2.24, 2.45) is 0 Å². The van der Waals surface area contributed by atoms with Gasteiger partial charge in [-0.05, 0) is 26.0 Å². The third-order valence-electron chi connectivity index (χ3n) is 5.70. The molecule has 1 amide bonds. The van der Waals surface area contributed by atoms with Crippen molar-refractivity contribution in [1.29, 1.82) is 0 Å². The number of fused-ring (bicyclic) bond motifs is 2. The summed E-state index contributed by atoms with van der Waals surface area (Å²) in [5.41, 5.74) is 2.03. The molecule has 5 rings (SSSR count). The van der Waals surface area contributed by atoms with Crippen LogP contribution in [-0.2, 0) is 11.3 Å². The molecule has 1 fully saturated rings. The number of H-pyrrole nitrogens is 1. The Bertz CT molecular complexity index is 1380. The molecule has 4 aromatic rings. The van der Waals surface area contributed by atoms with Crippen molar-refractivity contribution in [3.63, 3.8) is 0 Å². The maximum Gasteiger partial charge on any atom is 0.412 e. The van der Waals surface area contributed by atoms with Gasteiger partial charge in [0.2, 0.25) is 0 Å². The van der Waals surface area contributed by atoms with Crippen molar-refractivity contribution in [3.8, 4) is 17.1 Å². The molecule has 2 N–H and O–H groups in total. The largest absolute Gasteiger partial charge is 0.412 e. The number of nitrogens with zero attached hydrogens (tertiary/aromatic N) is 5. The van der Waals surface area contributed by atoms with E-state index in [1.54, 1.807) is 10.7 Å². The summed E-state index contributed by atoms with van der Waals surface area (Å²) >= 11 is 6.17. The fourth-order valence-electron chi connectivity index (χ4n) is 4.06. The lowest BCUT2D eigenvalue weighted by Crippen LogP contribution is -2.38. The van der Waals surface area contributed by atoms with Gasteiger partial charge in [0.15, 0.2) is 16.9 Å². The van der Waals surface area contributed by atoms with Crippen LogP contribution in [0.15, 0.2) is 24.5 Å². The van der Waals surface area contributed by atoms with E-state index in [0.29, 0.717) is 53.2 Å². The van der Waals surface area contributed by atoms with E-state index in [1.165, 1.54) is 18.5 Å². The zero-order valence-electron chi connectivity index (χ0n) is 19.3. The number of morpholine rings is 1. The Morgan fingerprint density at radius 1 is 1.31 bits per heavy atom. The van der Waals surface area contributed by atoms with E-state index in [1.807, 2.05) is 13.8 Å². The number of halogens is 2. The molecule has 0 atom stereocenters. The van der Waals surface area contributed by atoms with E-state index in [4.69, 9.17) is 26.2 Å². The number of amides is 1. The van der Waals surface area contributed by atoms with Crippen LogP contribution in [0.1, 0.15) is 13.8 Å². The highest BCUT2D eigenvalue weighted by Gasteiger charge is 2.21. The summed E-state index contributed by atoms with van der Waals surface area (Å²) in [5, 5.41) is 7.95. The fraction of sp³-hybridized carbons (Fsp3) is 0.391. The molecule has 1 saturated heterocycles. The van der Waals surface area contributed by atoms with Crippen molar-refractivity contribution in [1.82, 2.24) is 34.9 Å². The van der Waals surface area contributed by atoms with Crippen LogP contribution >= 0.6 is 11.6 Å². The van der Waals surface area contributed by atoms with E-state index >= 15 is 4.39 Å². The average molecular weight is 502 g/mol. The van der Waals surface area contributed by atoms with Gasteiger partial charge in [-0.2, -0.15) is 5.10 Å². The maximum atomic E-state index is 15.1. The monoisotopic (exact) mass is 501 g/mol. The lowest BCUT2D eigenvalue weighted by atomic mass is 10.1. The fourth-order valence-corrected chi connectivity index (χ4v) is 4.26. The van der Waals surface area contributed by atoms with Gasteiger partial charge in [-0.1, -0.05) is 11.6 Å². The Hall–Kier alpha value is -3.28. The predicted octanol–water partition coefficient (Wildman–Crippen LogP) is 3.60. The highest BCUT2D eigenvalue weighted by atomic mass is 35.5. The molecule has 1 aliphatic heterocycles. The van der Waals surface area contributed by atoms with Crippen LogP contribution in [0.4, 0.5) is 9.18 Å². The lowest BCUT2D eigenvalue weighted by Gasteiger charge is -2.26. The number of hydrogen-bond donors (Lipinski definition) is 2. The van der Waals surface area contributed by atoms with Gasteiger partial charge in [0.25, 0.3) is 0 Å². The molecule has 0 bridgehead atoms. The van der Waals surface area contributed by atoms with Crippen molar-refractivity contribution < 1.29 is 18.7 Å². The van der Waals surface area contributed by atoms with Gasteiger partial charge in [-0.15, -0.1) is 0 Å². The summed E-state index contributed by atoms with van der Waals surface area (Å²) in [6.45, 7) is 7.99. The van der Waals surface area contributed by atoms with E-state index < -0.39 is 11.9 Å². The van der Waals surface area contributed by atoms with Gasteiger partial charge in [0, 0.05) is 36.9 Å². The van der Waals surface area contributed by atoms with E-state index in [2.05, 4.69) is 25.2 Å². The molecule has 10 nitrogen and oxygen atoms in total. The first-order valence-corrected chi connectivity index (χ1v) is 11.8. The quantitative estimate of drug-likeness (QED) is 0.415. The molecule has 0 radical (unpaired) electrons. The van der Waals surface area contributed by atoms with E-state index in [-0.39, 0.29) is 16.8 Å². The summed E-state index contributed by atoms with van der Waals surface area (Å²) < 4.78 is 27.7. The number of rotatable bonds is 6. The van der Waals surface area contributed by atoms with Crippen LogP contribution in [0, 0.1) is 5.82 Å². The molecule has 0 saturated carbocycles. The Kier molecular flexibility index (Phi) is 6.54. The Morgan fingerprint density at radius 3 is 2.89 bits per heavy atom. The third-order valence-corrected chi connectivity index (χ3v) is 5.92. The standard InChI is InChI=1S/C23H25ClFN7O3/c1-13(2)28-23(33)35-18-12-27-22-21(18)29-16(11-26-22)20-19-15(25)9-14(24)10-17(19)32(30-20)4-3-31-5-7-34-8-6-31/h9-13H,3-8H2,1-2H3,(H,26,27)(H,28,33). The summed E-state index contributed by atoms with van der Waals surface area (Å²) in [7, 11) is 0. The maximum absolute atomic E-state index is 15.1. The second-order valence-corrected chi connectivity index (χ2v) is 9.04. The number of hydrogen-bond acceptors (Lipinski definition) is 7. The molecule has 0 unspecified atom stereocenters. The highest BCUT2D eigenvalue weighted by molar-refractivity contribution is 6.31. The van der Waals surface area contributed by atoms with Crippen LogP contribution in [0.25, 0.3) is 33.5 Å². The predicted molar refractivity (Wildman–Crippen MR) is 129 cm³/mol. The summed E-state index contributed by atoms with van der Waals surface area (Å²) in [5.74, 6) is -0.282. The number of nitrogens with one attached hydrogen (secondary N) is 2. The zero-order chi connectivity index (χ0) is 24.5. The van der Waals surface area contributed by atoms with Gasteiger partial charge < -0.3 is 19.8 Å². The first-order valence-electron chi connectivity index (χ1n) is 11.4. The normalized spacial score (nSPS) is 14.8. The van der Waals surface area contributed by atoms with Gasteiger partial charge in [-0.25, -0.2) is 19.2 Å². The molecule has 35 heavy (non-hydrogen) atoms. The molecule has 1 aromatic carbocycles. The number of aromatic amines is 1. The van der Waals surface area contributed by atoms with Crippen molar-refractivity contribution >= 4 is 39.8 Å². The first-order chi connectivity index (χ1) is 16.9. The number of aromatic nitrogens is 5. The SMILES string of the molecule is CC(C)NC(=O)Oc1c[nH]c2ncc(-c3nn(CCN4CCOCC4)c4cc(Cl)cc(F)c34)nc12. The summed E-state index contributed by atoms with van der Waals surface area (Å²) in [6, 6.07) is 2.87. The third kappa shape index (κ3) is 4.93. The molecule has 0 spiro atoms. The van der Waals surface area contributed by atoms with Gasteiger partial charge in [0.05, 0.1) is 36.9 Å². The number of carbonyl (C=O) groups excluding carboxylic acids is 1. The first kappa shape index (κ1) is 23.5. The smallest absolute Gasteiger partial charge is 0.406 e. The van der Waals surface area contributed by atoms with Gasteiger partial charge >= 0.3 is 6.09 Å².